The minimum Gasteiger partial charge on any atom is -0.487 e. The average Bonchev–Trinajstić information content (AvgIpc) is 3.30. The van der Waals surface area contributed by atoms with Gasteiger partial charge in [-0.25, -0.2) is 9.48 Å². The lowest BCUT2D eigenvalue weighted by Crippen LogP contribution is -2.17. The van der Waals surface area contributed by atoms with E-state index < -0.39 is 36.8 Å². The van der Waals surface area contributed by atoms with E-state index in [4.69, 9.17) is 14.6 Å². The van der Waals surface area contributed by atoms with Gasteiger partial charge in [0.1, 0.15) is 35.3 Å². The van der Waals surface area contributed by atoms with E-state index >= 15 is 0 Å². The van der Waals surface area contributed by atoms with Gasteiger partial charge in [0.25, 0.3) is 0 Å². The number of aromatic nitrogens is 2. The largest absolute Gasteiger partial charge is 0.573 e. The Morgan fingerprint density at radius 1 is 0.829 bits per heavy atom. The molecule has 0 amide bonds. The molecule has 1 heterocycles. The van der Waals surface area contributed by atoms with Crippen molar-refractivity contribution in [2.24, 2.45) is 0 Å². The molecule has 1 N–H and O–H groups in total. The molecule has 0 radical (unpaired) electrons. The molecule has 4 aromatic rings. The first-order chi connectivity index (χ1) is 19.3. The second-order valence-electron chi connectivity index (χ2n) is 8.45. The van der Waals surface area contributed by atoms with Crippen LogP contribution in [0.3, 0.4) is 0 Å². The molecule has 0 aliphatic rings. The lowest BCUT2D eigenvalue weighted by atomic mass is 10.1. The van der Waals surface area contributed by atoms with Gasteiger partial charge in [0.2, 0.25) is 0 Å². The molecule has 0 fully saturated rings. The van der Waals surface area contributed by atoms with Gasteiger partial charge in [-0.15, -0.1) is 26.3 Å². The number of nitrogens with zero attached hydrogens (tertiary/aromatic N) is 2. The molecule has 0 unspecified atom stereocenters. The molecule has 0 aliphatic carbocycles. The molecule has 1 aromatic heterocycles. The topological polar surface area (TPSA) is 92.0 Å². The number of aliphatic carboxylic acids is 1. The third-order valence-electron chi connectivity index (χ3n) is 5.32. The number of carbonyl (C=O) groups is 1. The van der Waals surface area contributed by atoms with Crippen LogP contribution in [-0.2, 0) is 11.4 Å². The number of halogens is 6. The summed E-state index contributed by atoms with van der Waals surface area (Å²) in [7, 11) is 0. The van der Waals surface area contributed by atoms with Crippen LogP contribution in [0.1, 0.15) is 11.3 Å². The Morgan fingerprint density at radius 2 is 1.49 bits per heavy atom. The normalized spacial score (nSPS) is 11.7. The van der Waals surface area contributed by atoms with Crippen molar-refractivity contribution in [3.8, 4) is 39.9 Å². The SMILES string of the molecule is Cc1cc(OCc2cc(-c3cccc(OC(F)(F)F)c3)n(-c3ccc(OC(F)(F)F)cc3)n2)ccc1OCC(=O)O. The van der Waals surface area contributed by atoms with E-state index in [1.165, 1.54) is 35.0 Å². The fraction of sp³-hybridized carbons (Fsp3) is 0.185. The highest BCUT2D eigenvalue weighted by Crippen LogP contribution is 2.32. The smallest absolute Gasteiger partial charge is 0.487 e. The Labute approximate surface area is 228 Å². The highest BCUT2D eigenvalue weighted by molar-refractivity contribution is 5.68. The van der Waals surface area contributed by atoms with Crippen LogP contribution < -0.4 is 18.9 Å². The molecule has 216 valence electrons. The molecule has 0 saturated carbocycles. The molecule has 41 heavy (non-hydrogen) atoms. The minimum atomic E-state index is -4.92. The van der Waals surface area contributed by atoms with Crippen LogP contribution in [-0.4, -0.2) is 40.2 Å². The van der Waals surface area contributed by atoms with Gasteiger partial charge < -0.3 is 24.1 Å². The molecule has 14 heteroatoms. The maximum Gasteiger partial charge on any atom is 0.573 e. The van der Waals surface area contributed by atoms with Crippen LogP contribution in [0.2, 0.25) is 0 Å². The number of ether oxygens (including phenoxy) is 4. The van der Waals surface area contributed by atoms with E-state index in [0.29, 0.717) is 34.1 Å². The van der Waals surface area contributed by atoms with Crippen LogP contribution in [0, 0.1) is 6.92 Å². The number of carboxylic acids is 1. The van der Waals surface area contributed by atoms with Gasteiger partial charge in [0, 0.05) is 5.56 Å². The quantitative estimate of drug-likeness (QED) is 0.209. The van der Waals surface area contributed by atoms with Gasteiger partial charge in [-0.2, -0.15) is 5.10 Å². The predicted molar refractivity (Wildman–Crippen MR) is 131 cm³/mol. The van der Waals surface area contributed by atoms with Crippen molar-refractivity contribution in [2.45, 2.75) is 26.3 Å². The summed E-state index contributed by atoms with van der Waals surface area (Å²) in [6.07, 6.45) is -9.81. The monoisotopic (exact) mass is 582 g/mol. The van der Waals surface area contributed by atoms with Crippen LogP contribution in [0.5, 0.6) is 23.0 Å². The number of benzene rings is 3. The molecule has 0 spiro atoms. The summed E-state index contributed by atoms with van der Waals surface area (Å²) in [5, 5.41) is 13.2. The van der Waals surface area contributed by atoms with Crippen LogP contribution >= 0.6 is 0 Å². The Balaban J connectivity index is 1.63. The van der Waals surface area contributed by atoms with Gasteiger partial charge in [0.15, 0.2) is 6.61 Å². The number of carboxylic acid groups (broad SMARTS) is 1. The first-order valence-electron chi connectivity index (χ1n) is 11.6. The van der Waals surface area contributed by atoms with E-state index in [2.05, 4.69) is 14.6 Å². The van der Waals surface area contributed by atoms with Crippen molar-refractivity contribution in [2.75, 3.05) is 6.61 Å². The van der Waals surface area contributed by atoms with Crippen molar-refractivity contribution in [3.05, 3.63) is 84.1 Å². The summed E-state index contributed by atoms with van der Waals surface area (Å²) < 4.78 is 96.3. The summed E-state index contributed by atoms with van der Waals surface area (Å²) in [6, 6.07) is 16.1. The lowest BCUT2D eigenvalue weighted by molar-refractivity contribution is -0.275. The highest BCUT2D eigenvalue weighted by atomic mass is 19.4. The molecular weight excluding hydrogens is 562 g/mol. The summed E-state index contributed by atoms with van der Waals surface area (Å²) in [5.41, 5.74) is 1.81. The van der Waals surface area contributed by atoms with Crippen LogP contribution in [0.15, 0.2) is 72.8 Å². The third-order valence-corrected chi connectivity index (χ3v) is 5.32. The van der Waals surface area contributed by atoms with Crippen molar-refractivity contribution in [1.29, 1.82) is 0 Å². The second-order valence-corrected chi connectivity index (χ2v) is 8.45. The summed E-state index contributed by atoms with van der Waals surface area (Å²) in [4.78, 5) is 10.7. The number of alkyl halides is 6. The Hall–Kier alpha value is -4.88. The van der Waals surface area contributed by atoms with Crippen molar-refractivity contribution in [3.63, 3.8) is 0 Å². The number of hydrogen-bond acceptors (Lipinski definition) is 6. The number of aryl methyl sites for hydroxylation is 1. The Kier molecular flexibility index (Phi) is 8.31. The molecule has 0 saturated heterocycles. The fourth-order valence-electron chi connectivity index (χ4n) is 3.72. The van der Waals surface area contributed by atoms with Crippen molar-refractivity contribution in [1.82, 2.24) is 9.78 Å². The second kappa shape index (κ2) is 11.7. The molecule has 4 rings (SSSR count). The lowest BCUT2D eigenvalue weighted by Gasteiger charge is -2.12. The zero-order valence-corrected chi connectivity index (χ0v) is 21.0. The number of rotatable bonds is 10. The van der Waals surface area contributed by atoms with Crippen LogP contribution in [0.25, 0.3) is 16.9 Å². The van der Waals surface area contributed by atoms with E-state index in [0.717, 1.165) is 24.3 Å². The van der Waals surface area contributed by atoms with Crippen molar-refractivity contribution < 1.29 is 55.2 Å². The fourth-order valence-corrected chi connectivity index (χ4v) is 3.72. The van der Waals surface area contributed by atoms with Gasteiger partial charge in [-0.05, 0) is 73.2 Å². The highest BCUT2D eigenvalue weighted by Gasteiger charge is 2.32. The first-order valence-corrected chi connectivity index (χ1v) is 11.6. The van der Waals surface area contributed by atoms with Gasteiger partial charge in [0.05, 0.1) is 11.4 Å². The van der Waals surface area contributed by atoms with E-state index in [-0.39, 0.29) is 12.2 Å². The average molecular weight is 582 g/mol. The summed E-state index contributed by atoms with van der Waals surface area (Å²) >= 11 is 0. The maximum absolute atomic E-state index is 12.8. The maximum atomic E-state index is 12.8. The van der Waals surface area contributed by atoms with Gasteiger partial charge in [-0.3, -0.25) is 0 Å². The Morgan fingerprint density at radius 3 is 2.12 bits per heavy atom. The Bertz CT molecular complexity index is 1520. The molecule has 0 bridgehead atoms. The zero-order chi connectivity index (χ0) is 29.8. The summed E-state index contributed by atoms with van der Waals surface area (Å²) in [6.45, 7) is 1.08. The standard InChI is InChI=1S/C27H20F6N2O6/c1-16-11-21(9-10-24(16)39-15-25(36)37)38-14-18-13-23(17-3-2-4-22(12-17)41-27(31,32)33)35(34-18)19-5-7-20(8-6-19)40-26(28,29)30/h2-13H,14-15H2,1H3,(H,36,37). The van der Waals surface area contributed by atoms with Gasteiger partial charge in [-0.1, -0.05) is 12.1 Å². The van der Waals surface area contributed by atoms with E-state index in [1.54, 1.807) is 25.1 Å². The molecule has 3 aromatic carbocycles. The van der Waals surface area contributed by atoms with Crippen molar-refractivity contribution >= 4 is 5.97 Å². The van der Waals surface area contributed by atoms with Gasteiger partial charge >= 0.3 is 18.7 Å². The first kappa shape index (κ1) is 29.1. The third kappa shape index (κ3) is 8.30. The van der Waals surface area contributed by atoms with E-state index in [1.807, 2.05) is 0 Å². The number of hydrogen-bond donors (Lipinski definition) is 1. The van der Waals surface area contributed by atoms with E-state index in [9.17, 15) is 31.1 Å². The summed E-state index contributed by atoms with van der Waals surface area (Å²) in [5.74, 6) is -1.32. The molecular formula is C27H20F6N2O6. The minimum absolute atomic E-state index is 0.0945. The molecule has 0 atom stereocenters. The van der Waals surface area contributed by atoms with Crippen LogP contribution in [0.4, 0.5) is 26.3 Å². The molecule has 0 aliphatic heterocycles. The molecule has 8 nitrogen and oxygen atoms in total. The zero-order valence-electron chi connectivity index (χ0n) is 21.0. The predicted octanol–water partition coefficient (Wildman–Crippen LogP) is 6.69.